The number of halogens is 1. The first-order chi connectivity index (χ1) is 9.72. The SMILES string of the molecule is NCC(c1cccc(Cl)c1)N1CCCC2(C1)OCCO2. The fourth-order valence-electron chi connectivity index (χ4n) is 3.23. The van der Waals surface area contributed by atoms with Crippen LogP contribution in [0.1, 0.15) is 24.4 Å². The maximum atomic E-state index is 6.10. The predicted molar refractivity (Wildman–Crippen MR) is 78.7 cm³/mol. The zero-order valence-corrected chi connectivity index (χ0v) is 12.3. The summed E-state index contributed by atoms with van der Waals surface area (Å²) in [6.07, 6.45) is 2.04. The molecule has 1 aromatic rings. The van der Waals surface area contributed by atoms with Crippen LogP contribution in [0.15, 0.2) is 24.3 Å². The largest absolute Gasteiger partial charge is 0.346 e. The van der Waals surface area contributed by atoms with Gasteiger partial charge in [-0.2, -0.15) is 0 Å². The summed E-state index contributed by atoms with van der Waals surface area (Å²) in [5, 5.41) is 0.751. The van der Waals surface area contributed by atoms with Crippen molar-refractivity contribution < 1.29 is 9.47 Å². The van der Waals surface area contributed by atoms with Gasteiger partial charge in [-0.3, -0.25) is 4.90 Å². The second-order valence-corrected chi connectivity index (χ2v) is 5.92. The summed E-state index contributed by atoms with van der Waals surface area (Å²) < 4.78 is 11.7. The van der Waals surface area contributed by atoms with E-state index in [9.17, 15) is 0 Å². The van der Waals surface area contributed by atoms with Gasteiger partial charge in [0.05, 0.1) is 19.8 Å². The van der Waals surface area contributed by atoms with Crippen LogP contribution in [0.3, 0.4) is 0 Å². The summed E-state index contributed by atoms with van der Waals surface area (Å²) >= 11 is 6.10. The highest BCUT2D eigenvalue weighted by atomic mass is 35.5. The van der Waals surface area contributed by atoms with Gasteiger partial charge in [0.25, 0.3) is 0 Å². The molecule has 0 bridgehead atoms. The van der Waals surface area contributed by atoms with Crippen LogP contribution >= 0.6 is 11.6 Å². The molecule has 2 aliphatic rings. The van der Waals surface area contributed by atoms with E-state index in [-0.39, 0.29) is 6.04 Å². The molecule has 1 atom stereocenters. The number of nitrogens with two attached hydrogens (primary N) is 1. The average Bonchev–Trinajstić information content (AvgIpc) is 2.88. The molecule has 0 aliphatic carbocycles. The minimum absolute atomic E-state index is 0.165. The lowest BCUT2D eigenvalue weighted by atomic mass is 9.98. The Morgan fingerprint density at radius 2 is 2.15 bits per heavy atom. The van der Waals surface area contributed by atoms with Crippen LogP contribution in [0.2, 0.25) is 5.02 Å². The first kappa shape index (κ1) is 14.3. The van der Waals surface area contributed by atoms with Crippen LogP contribution < -0.4 is 5.73 Å². The number of hydrogen-bond acceptors (Lipinski definition) is 4. The Morgan fingerprint density at radius 3 is 2.85 bits per heavy atom. The van der Waals surface area contributed by atoms with E-state index in [4.69, 9.17) is 26.8 Å². The molecule has 2 saturated heterocycles. The zero-order valence-electron chi connectivity index (χ0n) is 11.6. The average molecular weight is 297 g/mol. The molecule has 2 aliphatic heterocycles. The Morgan fingerprint density at radius 1 is 1.35 bits per heavy atom. The third-order valence-corrected chi connectivity index (χ3v) is 4.39. The fourth-order valence-corrected chi connectivity index (χ4v) is 3.43. The van der Waals surface area contributed by atoms with E-state index < -0.39 is 5.79 Å². The molecule has 110 valence electrons. The molecular weight excluding hydrogens is 276 g/mol. The fraction of sp³-hybridized carbons (Fsp3) is 0.600. The van der Waals surface area contributed by atoms with E-state index in [1.54, 1.807) is 0 Å². The number of piperidine rings is 1. The summed E-state index contributed by atoms with van der Waals surface area (Å²) in [5.74, 6) is -0.412. The lowest BCUT2D eigenvalue weighted by Crippen LogP contribution is -2.51. The smallest absolute Gasteiger partial charge is 0.181 e. The molecule has 1 spiro atoms. The first-order valence-corrected chi connectivity index (χ1v) is 7.58. The van der Waals surface area contributed by atoms with Gasteiger partial charge in [-0.1, -0.05) is 23.7 Å². The molecule has 2 heterocycles. The Labute approximate surface area is 124 Å². The number of nitrogens with zero attached hydrogens (tertiary/aromatic N) is 1. The van der Waals surface area contributed by atoms with E-state index in [1.165, 1.54) is 0 Å². The second-order valence-electron chi connectivity index (χ2n) is 5.49. The number of hydrogen-bond donors (Lipinski definition) is 1. The highest BCUT2D eigenvalue weighted by molar-refractivity contribution is 6.30. The molecule has 0 aromatic heterocycles. The molecule has 0 amide bonds. The van der Waals surface area contributed by atoms with Crippen molar-refractivity contribution in [3.8, 4) is 0 Å². The zero-order chi connectivity index (χ0) is 14.0. The normalized spacial score (nSPS) is 24.1. The number of likely N-dealkylation sites (tertiary alicyclic amines) is 1. The Hall–Kier alpha value is -0.650. The monoisotopic (exact) mass is 296 g/mol. The van der Waals surface area contributed by atoms with Crippen molar-refractivity contribution in [2.75, 3.05) is 32.8 Å². The van der Waals surface area contributed by atoms with E-state index in [0.717, 1.165) is 36.5 Å². The standard InChI is InChI=1S/C15H21ClN2O2/c16-13-4-1-3-12(9-13)14(10-17)18-6-2-5-15(11-18)19-7-8-20-15/h1,3-4,9,14H,2,5-8,10-11,17H2. The van der Waals surface area contributed by atoms with Gasteiger partial charge >= 0.3 is 0 Å². The van der Waals surface area contributed by atoms with Crippen molar-refractivity contribution in [3.63, 3.8) is 0 Å². The van der Waals surface area contributed by atoms with Crippen LogP contribution in [-0.4, -0.2) is 43.5 Å². The summed E-state index contributed by atoms with van der Waals surface area (Å²) in [6, 6.07) is 8.11. The van der Waals surface area contributed by atoms with Gasteiger partial charge in [-0.05, 0) is 30.7 Å². The van der Waals surface area contributed by atoms with Crippen molar-refractivity contribution in [1.29, 1.82) is 0 Å². The van der Waals surface area contributed by atoms with Gasteiger partial charge in [0, 0.05) is 24.0 Å². The molecule has 0 radical (unpaired) electrons. The predicted octanol–water partition coefficient (Wildman–Crippen LogP) is 2.18. The third-order valence-electron chi connectivity index (χ3n) is 4.16. The van der Waals surface area contributed by atoms with Crippen LogP contribution in [0, 0.1) is 0 Å². The third kappa shape index (κ3) is 2.85. The van der Waals surface area contributed by atoms with Crippen molar-refractivity contribution >= 4 is 11.6 Å². The maximum Gasteiger partial charge on any atom is 0.181 e. The van der Waals surface area contributed by atoms with Crippen LogP contribution in [0.5, 0.6) is 0 Å². The molecule has 0 saturated carbocycles. The summed E-state index contributed by atoms with van der Waals surface area (Å²) in [6.45, 7) is 3.75. The lowest BCUT2D eigenvalue weighted by molar-refractivity contribution is -0.193. The maximum absolute atomic E-state index is 6.10. The van der Waals surface area contributed by atoms with E-state index >= 15 is 0 Å². The van der Waals surface area contributed by atoms with Crippen LogP contribution in [-0.2, 0) is 9.47 Å². The molecule has 2 N–H and O–H groups in total. The highest BCUT2D eigenvalue weighted by Crippen LogP contribution is 2.34. The number of rotatable bonds is 3. The molecule has 20 heavy (non-hydrogen) atoms. The summed E-state index contributed by atoms with van der Waals surface area (Å²) in [7, 11) is 0. The quantitative estimate of drug-likeness (QED) is 0.929. The summed E-state index contributed by atoms with van der Waals surface area (Å²) in [4.78, 5) is 2.36. The van der Waals surface area contributed by atoms with Gasteiger partial charge in [0.1, 0.15) is 0 Å². The Bertz CT molecular complexity index is 463. The van der Waals surface area contributed by atoms with Crippen molar-refractivity contribution in [3.05, 3.63) is 34.9 Å². The molecule has 1 aromatic carbocycles. The van der Waals surface area contributed by atoms with Crippen LogP contribution in [0.4, 0.5) is 0 Å². The molecule has 5 heteroatoms. The molecule has 3 rings (SSSR count). The van der Waals surface area contributed by atoms with Crippen molar-refractivity contribution in [2.45, 2.75) is 24.7 Å². The van der Waals surface area contributed by atoms with Gasteiger partial charge in [-0.15, -0.1) is 0 Å². The molecular formula is C15H21ClN2O2. The first-order valence-electron chi connectivity index (χ1n) is 7.20. The minimum Gasteiger partial charge on any atom is -0.346 e. The van der Waals surface area contributed by atoms with E-state index in [1.807, 2.05) is 18.2 Å². The molecule has 2 fully saturated rings. The Kier molecular flexibility index (Phi) is 4.29. The Balaban J connectivity index is 1.78. The minimum atomic E-state index is -0.412. The van der Waals surface area contributed by atoms with Crippen LogP contribution in [0.25, 0.3) is 0 Å². The topological polar surface area (TPSA) is 47.7 Å². The summed E-state index contributed by atoms with van der Waals surface area (Å²) in [5.41, 5.74) is 7.17. The van der Waals surface area contributed by atoms with Gasteiger partial charge in [-0.25, -0.2) is 0 Å². The second kappa shape index (κ2) is 6.00. The number of ether oxygens (including phenoxy) is 2. The van der Waals surface area contributed by atoms with E-state index in [0.29, 0.717) is 19.8 Å². The molecule has 4 nitrogen and oxygen atoms in total. The number of benzene rings is 1. The van der Waals surface area contributed by atoms with E-state index in [2.05, 4.69) is 11.0 Å². The van der Waals surface area contributed by atoms with Gasteiger partial charge in [0.15, 0.2) is 5.79 Å². The van der Waals surface area contributed by atoms with Gasteiger partial charge in [0.2, 0.25) is 0 Å². The highest BCUT2D eigenvalue weighted by Gasteiger charge is 2.42. The van der Waals surface area contributed by atoms with Crippen molar-refractivity contribution in [2.24, 2.45) is 5.73 Å². The molecule has 1 unspecified atom stereocenters. The van der Waals surface area contributed by atoms with Gasteiger partial charge < -0.3 is 15.2 Å². The van der Waals surface area contributed by atoms with Crippen molar-refractivity contribution in [1.82, 2.24) is 4.90 Å². The lowest BCUT2D eigenvalue weighted by Gasteiger charge is -2.42.